The molecule has 1 spiro atoms. The van der Waals surface area contributed by atoms with Gasteiger partial charge in [-0.1, -0.05) is 0 Å². The molecular formula is C17H22N4O. The van der Waals surface area contributed by atoms with Crippen LogP contribution in [0.2, 0.25) is 0 Å². The van der Waals surface area contributed by atoms with E-state index in [2.05, 4.69) is 20.6 Å². The molecule has 2 fully saturated rings. The Morgan fingerprint density at radius 3 is 3.14 bits per heavy atom. The minimum absolute atomic E-state index is 0.197. The Labute approximate surface area is 129 Å². The summed E-state index contributed by atoms with van der Waals surface area (Å²) in [6, 6.07) is 5.91. The van der Waals surface area contributed by atoms with Gasteiger partial charge in [-0.3, -0.25) is 9.78 Å². The number of pyridine rings is 1. The molecule has 1 saturated heterocycles. The van der Waals surface area contributed by atoms with Crippen LogP contribution in [0.15, 0.2) is 24.4 Å². The van der Waals surface area contributed by atoms with E-state index in [4.69, 9.17) is 0 Å². The van der Waals surface area contributed by atoms with Gasteiger partial charge in [0.1, 0.15) is 0 Å². The molecule has 22 heavy (non-hydrogen) atoms. The second kappa shape index (κ2) is 5.39. The van der Waals surface area contributed by atoms with Gasteiger partial charge in [-0.05, 0) is 55.8 Å². The molecule has 1 aliphatic carbocycles. The normalized spacial score (nSPS) is 27.7. The number of rotatable bonds is 3. The molecule has 2 aliphatic rings. The Hall–Kier alpha value is -1.88. The molecule has 0 radical (unpaired) electrons. The first-order valence-corrected chi connectivity index (χ1v) is 8.15. The van der Waals surface area contributed by atoms with Gasteiger partial charge in [0.05, 0.1) is 17.6 Å². The zero-order chi connectivity index (χ0) is 15.0. The highest BCUT2D eigenvalue weighted by atomic mass is 16.1. The first-order chi connectivity index (χ1) is 10.7. The average molecular weight is 298 g/mol. The van der Waals surface area contributed by atoms with Crippen molar-refractivity contribution in [3.63, 3.8) is 0 Å². The third-order valence-electron chi connectivity index (χ3n) is 5.19. The van der Waals surface area contributed by atoms with E-state index in [1.54, 1.807) is 6.20 Å². The van der Waals surface area contributed by atoms with Crippen molar-refractivity contribution in [1.82, 2.24) is 20.6 Å². The summed E-state index contributed by atoms with van der Waals surface area (Å²) in [4.78, 5) is 19.9. The summed E-state index contributed by atoms with van der Waals surface area (Å²) in [5.41, 5.74) is 3.38. The van der Waals surface area contributed by atoms with Crippen LogP contribution in [0.4, 0.5) is 0 Å². The van der Waals surface area contributed by atoms with Crippen LogP contribution in [0.3, 0.4) is 0 Å². The number of carbonyl (C=O) groups is 1. The van der Waals surface area contributed by atoms with Gasteiger partial charge < -0.3 is 15.6 Å². The SMILES string of the molecule is O=C(NCc1cc2ncccc2[nH]1)C1CC2(CCCNC2)C1. The van der Waals surface area contributed by atoms with E-state index in [0.29, 0.717) is 12.0 Å². The standard InChI is InChI=1S/C17H22N4O/c22-16(12-8-17(9-12)4-2-5-18-11-17)20-10-13-7-15-14(21-13)3-1-6-19-15/h1,3,6-7,12,18,21H,2,4-5,8-11H2,(H,20,22). The van der Waals surface area contributed by atoms with E-state index in [1.807, 2.05) is 18.2 Å². The molecule has 2 aromatic heterocycles. The maximum Gasteiger partial charge on any atom is 0.223 e. The summed E-state index contributed by atoms with van der Waals surface area (Å²) in [5.74, 6) is 0.394. The number of hydrogen-bond acceptors (Lipinski definition) is 3. The predicted octanol–water partition coefficient (Wildman–Crippen LogP) is 1.96. The van der Waals surface area contributed by atoms with Crippen molar-refractivity contribution >= 4 is 16.9 Å². The second-order valence-corrected chi connectivity index (χ2v) is 6.83. The number of amides is 1. The van der Waals surface area contributed by atoms with Crippen molar-refractivity contribution in [2.45, 2.75) is 32.2 Å². The Balaban J connectivity index is 1.31. The molecule has 1 saturated carbocycles. The number of aromatic nitrogens is 2. The largest absolute Gasteiger partial charge is 0.356 e. The highest BCUT2D eigenvalue weighted by molar-refractivity contribution is 5.80. The van der Waals surface area contributed by atoms with E-state index >= 15 is 0 Å². The molecule has 2 aromatic rings. The van der Waals surface area contributed by atoms with Crippen molar-refractivity contribution in [1.29, 1.82) is 0 Å². The first-order valence-electron chi connectivity index (χ1n) is 8.15. The van der Waals surface area contributed by atoms with Gasteiger partial charge >= 0.3 is 0 Å². The number of carbonyl (C=O) groups excluding carboxylic acids is 1. The Morgan fingerprint density at radius 1 is 1.45 bits per heavy atom. The molecule has 3 heterocycles. The lowest BCUT2D eigenvalue weighted by Crippen LogP contribution is -2.52. The minimum atomic E-state index is 0.197. The van der Waals surface area contributed by atoms with Crippen LogP contribution in [0.5, 0.6) is 0 Å². The highest BCUT2D eigenvalue weighted by Gasteiger charge is 2.47. The molecule has 4 rings (SSSR count). The highest BCUT2D eigenvalue weighted by Crippen LogP contribution is 2.49. The van der Waals surface area contributed by atoms with E-state index < -0.39 is 0 Å². The molecule has 3 N–H and O–H groups in total. The van der Waals surface area contributed by atoms with Gasteiger partial charge in [0.2, 0.25) is 5.91 Å². The van der Waals surface area contributed by atoms with Gasteiger partial charge in [-0.25, -0.2) is 0 Å². The van der Waals surface area contributed by atoms with Crippen molar-refractivity contribution in [3.8, 4) is 0 Å². The summed E-state index contributed by atoms with van der Waals surface area (Å²) in [5, 5.41) is 6.53. The summed E-state index contributed by atoms with van der Waals surface area (Å²) in [7, 11) is 0. The van der Waals surface area contributed by atoms with Gasteiger partial charge in [-0.15, -0.1) is 0 Å². The molecule has 0 bridgehead atoms. The lowest BCUT2D eigenvalue weighted by Gasteiger charge is -2.49. The Morgan fingerprint density at radius 2 is 2.36 bits per heavy atom. The van der Waals surface area contributed by atoms with Gasteiger partial charge in [0.15, 0.2) is 0 Å². The average Bonchev–Trinajstić information content (AvgIpc) is 2.94. The van der Waals surface area contributed by atoms with Crippen LogP contribution >= 0.6 is 0 Å². The van der Waals surface area contributed by atoms with Crippen molar-refractivity contribution in [2.75, 3.05) is 13.1 Å². The lowest BCUT2D eigenvalue weighted by atomic mass is 9.58. The van der Waals surface area contributed by atoms with Crippen molar-refractivity contribution < 1.29 is 4.79 Å². The first kappa shape index (κ1) is 13.8. The third kappa shape index (κ3) is 2.50. The molecule has 0 atom stereocenters. The van der Waals surface area contributed by atoms with Crippen LogP contribution in [0.1, 0.15) is 31.4 Å². The number of nitrogens with one attached hydrogen (secondary N) is 3. The topological polar surface area (TPSA) is 69.8 Å². The number of hydrogen-bond donors (Lipinski definition) is 3. The second-order valence-electron chi connectivity index (χ2n) is 6.83. The molecule has 1 amide bonds. The number of fused-ring (bicyclic) bond motifs is 1. The minimum Gasteiger partial charge on any atom is -0.356 e. The van der Waals surface area contributed by atoms with Gasteiger partial charge in [0.25, 0.3) is 0 Å². The molecule has 116 valence electrons. The van der Waals surface area contributed by atoms with E-state index in [1.165, 1.54) is 12.8 Å². The number of aromatic amines is 1. The van der Waals surface area contributed by atoms with Crippen LogP contribution in [-0.4, -0.2) is 29.0 Å². The van der Waals surface area contributed by atoms with Crippen molar-refractivity contribution in [2.24, 2.45) is 11.3 Å². The summed E-state index contributed by atoms with van der Waals surface area (Å²) >= 11 is 0. The lowest BCUT2D eigenvalue weighted by molar-refractivity contribution is -0.133. The molecule has 5 heteroatoms. The molecule has 1 aliphatic heterocycles. The van der Waals surface area contributed by atoms with E-state index in [-0.39, 0.29) is 11.8 Å². The van der Waals surface area contributed by atoms with Crippen LogP contribution < -0.4 is 10.6 Å². The molecular weight excluding hydrogens is 276 g/mol. The summed E-state index contributed by atoms with van der Waals surface area (Å²) < 4.78 is 0. The predicted molar refractivity (Wildman–Crippen MR) is 85.2 cm³/mol. The van der Waals surface area contributed by atoms with Crippen LogP contribution in [0, 0.1) is 11.3 Å². The van der Waals surface area contributed by atoms with Crippen molar-refractivity contribution in [3.05, 3.63) is 30.1 Å². The maximum absolute atomic E-state index is 12.3. The number of nitrogens with zero attached hydrogens (tertiary/aromatic N) is 1. The fourth-order valence-corrected chi connectivity index (χ4v) is 3.98. The fourth-order valence-electron chi connectivity index (χ4n) is 3.98. The zero-order valence-corrected chi connectivity index (χ0v) is 12.7. The van der Waals surface area contributed by atoms with Gasteiger partial charge in [0, 0.05) is 24.4 Å². The quantitative estimate of drug-likeness (QED) is 0.811. The Kier molecular flexibility index (Phi) is 3.37. The smallest absolute Gasteiger partial charge is 0.223 e. The van der Waals surface area contributed by atoms with Crippen LogP contribution in [0.25, 0.3) is 11.0 Å². The molecule has 0 unspecified atom stereocenters. The summed E-state index contributed by atoms with van der Waals surface area (Å²) in [6.07, 6.45) is 6.39. The van der Waals surface area contributed by atoms with E-state index in [9.17, 15) is 4.79 Å². The number of piperidine rings is 1. The van der Waals surface area contributed by atoms with Gasteiger partial charge in [-0.2, -0.15) is 0 Å². The molecule has 0 aromatic carbocycles. The molecule has 5 nitrogen and oxygen atoms in total. The fraction of sp³-hybridized carbons (Fsp3) is 0.529. The zero-order valence-electron chi connectivity index (χ0n) is 12.7. The van der Waals surface area contributed by atoms with Crippen LogP contribution in [-0.2, 0) is 11.3 Å². The third-order valence-corrected chi connectivity index (χ3v) is 5.19. The van der Waals surface area contributed by atoms with E-state index in [0.717, 1.165) is 42.7 Å². The number of H-pyrrole nitrogens is 1. The summed E-state index contributed by atoms with van der Waals surface area (Å²) in [6.45, 7) is 2.77. The maximum atomic E-state index is 12.3. The Bertz CT molecular complexity index is 646. The monoisotopic (exact) mass is 298 g/mol.